The van der Waals surface area contributed by atoms with Gasteiger partial charge in [-0.15, -0.1) is 0 Å². The van der Waals surface area contributed by atoms with Crippen molar-refractivity contribution in [1.82, 2.24) is 10.2 Å². The van der Waals surface area contributed by atoms with Crippen LogP contribution in [0.5, 0.6) is 0 Å². The third kappa shape index (κ3) is 4.50. The largest absolute Gasteiger partial charge is 0.481 e. The van der Waals surface area contributed by atoms with Gasteiger partial charge in [0.15, 0.2) is 0 Å². The molecule has 2 amide bonds. The van der Waals surface area contributed by atoms with Crippen molar-refractivity contribution in [2.75, 3.05) is 19.6 Å². The molecule has 0 aromatic carbocycles. The maximum atomic E-state index is 12.8. The fraction of sp³-hybridized carbons (Fsp3) is 0.846. The third-order valence-electron chi connectivity index (χ3n) is 4.06. The van der Waals surface area contributed by atoms with Crippen molar-refractivity contribution in [1.29, 1.82) is 0 Å². The molecule has 21 heavy (non-hydrogen) atoms. The van der Waals surface area contributed by atoms with Crippen molar-refractivity contribution in [2.45, 2.75) is 26.9 Å². The summed E-state index contributed by atoms with van der Waals surface area (Å²) in [5, 5.41) is 11.4. The fourth-order valence-corrected chi connectivity index (χ4v) is 2.15. The Labute approximate surface area is 121 Å². The highest BCUT2D eigenvalue weighted by Gasteiger charge is 2.53. The molecule has 2 N–H and O–H groups in total. The van der Waals surface area contributed by atoms with Gasteiger partial charge in [-0.1, -0.05) is 20.8 Å². The van der Waals surface area contributed by atoms with Crippen LogP contribution in [0, 0.1) is 23.7 Å². The highest BCUT2D eigenvalue weighted by molar-refractivity contribution is 5.77. The predicted octanol–water partition coefficient (Wildman–Crippen LogP) is 2.18. The summed E-state index contributed by atoms with van der Waals surface area (Å²) in [4.78, 5) is 23.7. The normalized spacial score (nSPS) is 24.2. The molecule has 1 fully saturated rings. The first-order chi connectivity index (χ1) is 9.54. The zero-order valence-electron chi connectivity index (χ0n) is 12.3. The van der Waals surface area contributed by atoms with Crippen molar-refractivity contribution in [3.05, 3.63) is 0 Å². The van der Waals surface area contributed by atoms with Crippen molar-refractivity contribution < 1.29 is 27.9 Å². The number of carboxylic acid groups (broad SMARTS) is 1. The number of aliphatic carboxylic acids is 1. The van der Waals surface area contributed by atoms with Gasteiger partial charge in [-0.3, -0.25) is 4.79 Å². The molecule has 0 aromatic heterocycles. The number of likely N-dealkylation sites (tertiary alicyclic amines) is 1. The van der Waals surface area contributed by atoms with Gasteiger partial charge in [-0.25, -0.2) is 4.79 Å². The zero-order valence-corrected chi connectivity index (χ0v) is 12.3. The maximum Gasteiger partial charge on any atom is 0.394 e. The van der Waals surface area contributed by atoms with E-state index in [1.165, 1.54) is 0 Å². The van der Waals surface area contributed by atoms with Crippen LogP contribution in [0.1, 0.15) is 20.8 Å². The smallest absolute Gasteiger partial charge is 0.394 e. The Bertz CT molecular complexity index is 399. The van der Waals surface area contributed by atoms with Gasteiger partial charge in [-0.05, 0) is 11.8 Å². The predicted molar refractivity (Wildman–Crippen MR) is 69.6 cm³/mol. The first-order valence-electron chi connectivity index (χ1n) is 6.86. The minimum absolute atomic E-state index is 0.185. The number of hydrogen-bond acceptors (Lipinski definition) is 2. The number of carbonyl (C=O) groups is 2. The van der Waals surface area contributed by atoms with Crippen molar-refractivity contribution in [2.24, 2.45) is 23.7 Å². The summed E-state index contributed by atoms with van der Waals surface area (Å²) in [6.07, 6.45) is -4.62. The lowest BCUT2D eigenvalue weighted by atomic mass is 9.96. The molecule has 1 aliphatic heterocycles. The van der Waals surface area contributed by atoms with Gasteiger partial charge in [0.1, 0.15) is 0 Å². The molecule has 1 unspecified atom stereocenters. The van der Waals surface area contributed by atoms with E-state index in [0.29, 0.717) is 12.5 Å². The van der Waals surface area contributed by atoms with Crippen LogP contribution in [0.3, 0.4) is 0 Å². The van der Waals surface area contributed by atoms with E-state index < -0.39 is 43.1 Å². The lowest BCUT2D eigenvalue weighted by Gasteiger charge is -2.21. The number of carbonyl (C=O) groups excluding carboxylic acids is 1. The van der Waals surface area contributed by atoms with Gasteiger partial charge >= 0.3 is 18.2 Å². The van der Waals surface area contributed by atoms with Crippen LogP contribution in [0.25, 0.3) is 0 Å². The fourth-order valence-electron chi connectivity index (χ4n) is 2.15. The van der Waals surface area contributed by atoms with Crippen molar-refractivity contribution in [3.8, 4) is 0 Å². The summed E-state index contributed by atoms with van der Waals surface area (Å²) in [7, 11) is 0. The molecule has 0 aliphatic carbocycles. The van der Waals surface area contributed by atoms with Gasteiger partial charge in [-0.2, -0.15) is 13.2 Å². The van der Waals surface area contributed by atoms with Gasteiger partial charge in [0.05, 0.1) is 11.8 Å². The number of carboxylic acids is 1. The molecular formula is C13H21F3N2O3. The molecule has 1 saturated heterocycles. The van der Waals surface area contributed by atoms with Crippen molar-refractivity contribution in [3.63, 3.8) is 0 Å². The monoisotopic (exact) mass is 310 g/mol. The Balaban J connectivity index is 2.65. The molecule has 1 rings (SSSR count). The molecule has 3 atom stereocenters. The van der Waals surface area contributed by atoms with E-state index in [2.05, 4.69) is 5.32 Å². The molecule has 0 spiro atoms. The highest BCUT2D eigenvalue weighted by Crippen LogP contribution is 2.37. The molecular weight excluding hydrogens is 289 g/mol. The average molecular weight is 310 g/mol. The van der Waals surface area contributed by atoms with Gasteiger partial charge in [0.25, 0.3) is 0 Å². The number of hydrogen-bond donors (Lipinski definition) is 2. The van der Waals surface area contributed by atoms with Crippen LogP contribution >= 0.6 is 0 Å². The molecule has 0 saturated carbocycles. The zero-order chi connectivity index (χ0) is 16.4. The van der Waals surface area contributed by atoms with Crippen LogP contribution < -0.4 is 5.32 Å². The second-order valence-electron chi connectivity index (χ2n) is 5.91. The van der Waals surface area contributed by atoms with E-state index in [4.69, 9.17) is 5.11 Å². The van der Waals surface area contributed by atoms with E-state index in [1.54, 1.807) is 0 Å². The average Bonchev–Trinajstić information content (AvgIpc) is 2.80. The first kappa shape index (κ1) is 17.6. The minimum atomic E-state index is -4.62. The second-order valence-corrected chi connectivity index (χ2v) is 5.91. The number of nitrogens with zero attached hydrogens (tertiary/aromatic N) is 1. The van der Waals surface area contributed by atoms with E-state index >= 15 is 0 Å². The Morgan fingerprint density at radius 2 is 1.86 bits per heavy atom. The topological polar surface area (TPSA) is 69.6 Å². The Kier molecular flexibility index (Phi) is 5.47. The Morgan fingerprint density at radius 3 is 2.24 bits per heavy atom. The lowest BCUT2D eigenvalue weighted by Crippen LogP contribution is -2.41. The summed E-state index contributed by atoms with van der Waals surface area (Å²) in [6.45, 7) is 5.21. The third-order valence-corrected chi connectivity index (χ3v) is 4.06. The van der Waals surface area contributed by atoms with E-state index in [9.17, 15) is 22.8 Å². The summed E-state index contributed by atoms with van der Waals surface area (Å²) in [5.74, 6) is -4.62. The highest BCUT2D eigenvalue weighted by atomic mass is 19.4. The summed E-state index contributed by atoms with van der Waals surface area (Å²) >= 11 is 0. The summed E-state index contributed by atoms with van der Waals surface area (Å²) in [6, 6.07) is -0.638. The summed E-state index contributed by atoms with van der Waals surface area (Å²) < 4.78 is 38.4. The Morgan fingerprint density at radius 1 is 1.29 bits per heavy atom. The Hall–Kier alpha value is -1.47. The van der Waals surface area contributed by atoms with Crippen LogP contribution in [0.4, 0.5) is 18.0 Å². The number of urea groups is 1. The maximum absolute atomic E-state index is 12.8. The standard InChI is InChI=1S/C13H21F3N2O3/c1-7(2)8(3)4-17-12(21)18-5-9(11(19)20)10(6-18)13(14,15)16/h7-10H,4-6H2,1-3H3,(H,17,21)(H,19,20)/t8?,9-,10-/m1/s1. The summed E-state index contributed by atoms with van der Waals surface area (Å²) in [5.41, 5.74) is 0. The van der Waals surface area contributed by atoms with Crippen LogP contribution in [-0.2, 0) is 4.79 Å². The molecule has 5 nitrogen and oxygen atoms in total. The van der Waals surface area contributed by atoms with Crippen LogP contribution in [-0.4, -0.2) is 47.8 Å². The molecule has 8 heteroatoms. The molecule has 122 valence electrons. The molecule has 0 radical (unpaired) electrons. The molecule has 0 bridgehead atoms. The second kappa shape index (κ2) is 6.53. The van der Waals surface area contributed by atoms with Crippen LogP contribution in [0.15, 0.2) is 0 Å². The molecule has 0 aromatic rings. The number of alkyl halides is 3. The molecule has 1 aliphatic rings. The van der Waals surface area contributed by atoms with Crippen LogP contribution in [0.2, 0.25) is 0 Å². The van der Waals surface area contributed by atoms with E-state index in [-0.39, 0.29) is 5.92 Å². The first-order valence-corrected chi connectivity index (χ1v) is 6.86. The number of rotatable bonds is 4. The molecule has 1 heterocycles. The quantitative estimate of drug-likeness (QED) is 0.836. The minimum Gasteiger partial charge on any atom is -0.481 e. The van der Waals surface area contributed by atoms with Gasteiger partial charge in [0, 0.05) is 19.6 Å². The van der Waals surface area contributed by atoms with E-state index in [0.717, 1.165) is 4.90 Å². The van der Waals surface area contributed by atoms with Gasteiger partial charge < -0.3 is 15.3 Å². The lowest BCUT2D eigenvalue weighted by molar-refractivity contribution is -0.187. The SMILES string of the molecule is CC(C)C(C)CNC(=O)N1C[C@@H](C(F)(F)F)[C@H](C(=O)O)C1. The number of amides is 2. The number of nitrogens with one attached hydrogen (secondary N) is 1. The number of halogens is 3. The van der Waals surface area contributed by atoms with E-state index in [1.807, 2.05) is 20.8 Å². The van der Waals surface area contributed by atoms with Gasteiger partial charge in [0.2, 0.25) is 0 Å². The van der Waals surface area contributed by atoms with Crippen molar-refractivity contribution >= 4 is 12.0 Å².